The van der Waals surface area contributed by atoms with Crippen molar-refractivity contribution < 1.29 is 0 Å². The minimum Gasteiger partial charge on any atom is -0.306 e. The van der Waals surface area contributed by atoms with Gasteiger partial charge >= 0.3 is 0 Å². The third-order valence-corrected chi connectivity index (χ3v) is 3.94. The molecule has 19 heavy (non-hydrogen) atoms. The van der Waals surface area contributed by atoms with Crippen LogP contribution >= 0.6 is 11.5 Å². The lowest BCUT2D eigenvalue weighted by Gasteiger charge is -2.19. The first-order valence-corrected chi connectivity index (χ1v) is 7.53. The number of nitrogens with one attached hydrogen (secondary N) is 1. The van der Waals surface area contributed by atoms with Crippen LogP contribution in [0.3, 0.4) is 0 Å². The van der Waals surface area contributed by atoms with Crippen molar-refractivity contribution in [1.82, 2.24) is 14.9 Å². The van der Waals surface area contributed by atoms with Crippen molar-refractivity contribution in [3.05, 3.63) is 46.0 Å². The minimum absolute atomic E-state index is 0.197. The number of hydrogen-bond donors (Lipinski definition) is 1. The van der Waals surface area contributed by atoms with Crippen molar-refractivity contribution in [3.63, 3.8) is 0 Å². The third-order valence-electron chi connectivity index (χ3n) is 3.13. The summed E-state index contributed by atoms with van der Waals surface area (Å²) in [6, 6.07) is 8.84. The summed E-state index contributed by atoms with van der Waals surface area (Å²) in [5, 5.41) is 7.85. The van der Waals surface area contributed by atoms with Crippen LogP contribution in [0, 0.1) is 6.92 Å². The summed E-state index contributed by atoms with van der Waals surface area (Å²) in [6.07, 6.45) is 0. The predicted molar refractivity (Wildman–Crippen MR) is 80.7 cm³/mol. The summed E-state index contributed by atoms with van der Waals surface area (Å²) < 4.78 is 4.15. The van der Waals surface area contributed by atoms with Gasteiger partial charge in [-0.2, -0.15) is 0 Å². The molecule has 1 aromatic heterocycles. The van der Waals surface area contributed by atoms with Crippen LogP contribution in [0.4, 0.5) is 0 Å². The van der Waals surface area contributed by atoms with Gasteiger partial charge in [-0.05, 0) is 36.5 Å². The number of hydrogen-bond acceptors (Lipinski definition) is 4. The molecule has 0 saturated heterocycles. The summed E-state index contributed by atoms with van der Waals surface area (Å²) in [6.45, 7) is 9.51. The van der Waals surface area contributed by atoms with Gasteiger partial charge in [-0.1, -0.05) is 55.1 Å². The molecule has 0 saturated carbocycles. The Bertz CT molecular complexity index is 534. The van der Waals surface area contributed by atoms with E-state index < -0.39 is 0 Å². The number of rotatable bonds is 5. The van der Waals surface area contributed by atoms with Gasteiger partial charge in [0.2, 0.25) is 0 Å². The Balaban J connectivity index is 2.42. The van der Waals surface area contributed by atoms with E-state index in [2.05, 4.69) is 66.9 Å². The predicted octanol–water partition coefficient (Wildman–Crippen LogP) is 3.67. The smallest absolute Gasteiger partial charge is 0.0832 e. The Labute approximate surface area is 119 Å². The Kier molecular flexibility index (Phi) is 4.66. The van der Waals surface area contributed by atoms with E-state index in [4.69, 9.17) is 0 Å². The van der Waals surface area contributed by atoms with Crippen LogP contribution in [-0.4, -0.2) is 16.1 Å². The molecule has 1 heterocycles. The topological polar surface area (TPSA) is 37.8 Å². The van der Waals surface area contributed by atoms with Crippen LogP contribution in [0.2, 0.25) is 0 Å². The maximum atomic E-state index is 4.30. The second-order valence-corrected chi connectivity index (χ2v) is 5.87. The zero-order chi connectivity index (χ0) is 13.8. The van der Waals surface area contributed by atoms with E-state index in [9.17, 15) is 0 Å². The lowest BCUT2D eigenvalue weighted by atomic mass is 9.99. The van der Waals surface area contributed by atoms with Crippen molar-refractivity contribution in [2.75, 3.05) is 6.54 Å². The van der Waals surface area contributed by atoms with Gasteiger partial charge in [0.25, 0.3) is 0 Å². The van der Waals surface area contributed by atoms with Gasteiger partial charge in [0.15, 0.2) is 0 Å². The fourth-order valence-corrected chi connectivity index (χ4v) is 3.13. The van der Waals surface area contributed by atoms with Gasteiger partial charge in [0.1, 0.15) is 0 Å². The Morgan fingerprint density at radius 2 is 2.11 bits per heavy atom. The highest BCUT2D eigenvalue weighted by atomic mass is 32.1. The molecule has 102 valence electrons. The standard InChI is InChI=1S/C15H21N3S/c1-5-16-14(12-8-6-7-11(4)9-12)15-13(10(2)3)17-18-19-15/h6-10,14,16H,5H2,1-4H3. The molecule has 0 spiro atoms. The van der Waals surface area contributed by atoms with E-state index in [1.165, 1.54) is 27.5 Å². The van der Waals surface area contributed by atoms with Crippen molar-refractivity contribution >= 4 is 11.5 Å². The molecule has 1 unspecified atom stereocenters. The second kappa shape index (κ2) is 6.26. The van der Waals surface area contributed by atoms with E-state index in [-0.39, 0.29) is 6.04 Å². The second-order valence-electron chi connectivity index (χ2n) is 5.08. The van der Waals surface area contributed by atoms with E-state index in [1.807, 2.05) is 0 Å². The summed E-state index contributed by atoms with van der Waals surface area (Å²) in [4.78, 5) is 1.24. The van der Waals surface area contributed by atoms with Gasteiger partial charge in [0, 0.05) is 0 Å². The quantitative estimate of drug-likeness (QED) is 0.904. The van der Waals surface area contributed by atoms with Gasteiger partial charge in [-0.3, -0.25) is 0 Å². The molecule has 0 fully saturated rings. The molecule has 4 heteroatoms. The Morgan fingerprint density at radius 3 is 2.74 bits per heavy atom. The molecule has 0 aliphatic carbocycles. The normalized spacial score (nSPS) is 12.9. The zero-order valence-electron chi connectivity index (χ0n) is 12.0. The van der Waals surface area contributed by atoms with Crippen LogP contribution in [0.25, 0.3) is 0 Å². The first-order chi connectivity index (χ1) is 9.13. The van der Waals surface area contributed by atoms with Crippen molar-refractivity contribution in [2.45, 2.75) is 39.7 Å². The van der Waals surface area contributed by atoms with Gasteiger partial charge in [0.05, 0.1) is 16.6 Å². The molecule has 1 aromatic carbocycles. The van der Waals surface area contributed by atoms with Gasteiger partial charge in [-0.25, -0.2) is 0 Å². The molecule has 0 amide bonds. The molecule has 1 atom stereocenters. The van der Waals surface area contributed by atoms with Gasteiger partial charge < -0.3 is 5.32 Å². The van der Waals surface area contributed by atoms with Crippen LogP contribution in [0.15, 0.2) is 24.3 Å². The molecule has 0 radical (unpaired) electrons. The monoisotopic (exact) mass is 275 g/mol. The molecular weight excluding hydrogens is 254 g/mol. The first-order valence-electron chi connectivity index (χ1n) is 6.75. The highest BCUT2D eigenvalue weighted by molar-refractivity contribution is 7.05. The van der Waals surface area contributed by atoms with Crippen LogP contribution in [0.1, 0.15) is 54.4 Å². The maximum Gasteiger partial charge on any atom is 0.0832 e. The summed E-state index contributed by atoms with van der Waals surface area (Å²) in [5.74, 6) is 0.403. The molecular formula is C15H21N3S. The van der Waals surface area contributed by atoms with Crippen LogP contribution in [0.5, 0.6) is 0 Å². The molecule has 2 rings (SSSR count). The van der Waals surface area contributed by atoms with Crippen molar-refractivity contribution in [1.29, 1.82) is 0 Å². The average Bonchev–Trinajstić information content (AvgIpc) is 2.85. The van der Waals surface area contributed by atoms with Crippen molar-refractivity contribution in [3.8, 4) is 0 Å². The number of benzene rings is 1. The van der Waals surface area contributed by atoms with E-state index >= 15 is 0 Å². The van der Waals surface area contributed by atoms with E-state index in [1.54, 1.807) is 0 Å². The molecule has 2 aromatic rings. The molecule has 3 nitrogen and oxygen atoms in total. The molecule has 0 aliphatic rings. The number of nitrogens with zero attached hydrogens (tertiary/aromatic N) is 2. The number of aryl methyl sites for hydroxylation is 1. The highest BCUT2D eigenvalue weighted by Gasteiger charge is 2.21. The average molecular weight is 275 g/mol. The molecule has 0 bridgehead atoms. The molecule has 1 N–H and O–H groups in total. The SMILES string of the molecule is CCNC(c1cccc(C)c1)c1snnc1C(C)C. The van der Waals surface area contributed by atoms with E-state index in [0.717, 1.165) is 12.2 Å². The molecule has 0 aliphatic heterocycles. The van der Waals surface area contributed by atoms with E-state index in [0.29, 0.717) is 5.92 Å². The lowest BCUT2D eigenvalue weighted by Crippen LogP contribution is -2.22. The fourth-order valence-electron chi connectivity index (χ4n) is 2.22. The summed E-state index contributed by atoms with van der Waals surface area (Å²) in [5.41, 5.74) is 3.68. The minimum atomic E-state index is 0.197. The van der Waals surface area contributed by atoms with Crippen LogP contribution < -0.4 is 5.32 Å². The fraction of sp³-hybridized carbons (Fsp3) is 0.467. The maximum absolute atomic E-state index is 4.30. The summed E-state index contributed by atoms with van der Waals surface area (Å²) >= 11 is 1.50. The third kappa shape index (κ3) is 3.19. The highest BCUT2D eigenvalue weighted by Crippen LogP contribution is 2.31. The lowest BCUT2D eigenvalue weighted by molar-refractivity contribution is 0.625. The van der Waals surface area contributed by atoms with Crippen molar-refractivity contribution in [2.24, 2.45) is 0 Å². The summed E-state index contributed by atoms with van der Waals surface area (Å²) in [7, 11) is 0. The zero-order valence-corrected chi connectivity index (χ0v) is 12.8. The Morgan fingerprint density at radius 1 is 1.32 bits per heavy atom. The van der Waals surface area contributed by atoms with Gasteiger partial charge in [-0.15, -0.1) is 5.10 Å². The Hall–Kier alpha value is -1.26. The first kappa shape index (κ1) is 14.2. The number of aromatic nitrogens is 2. The largest absolute Gasteiger partial charge is 0.306 e. The van der Waals surface area contributed by atoms with Crippen LogP contribution in [-0.2, 0) is 0 Å².